The number of pyridine rings is 2. The number of rotatable bonds is 11. The minimum atomic E-state index is -0.918. The highest BCUT2D eigenvalue weighted by Crippen LogP contribution is 2.40. The predicted octanol–water partition coefficient (Wildman–Crippen LogP) is 7.26. The van der Waals surface area contributed by atoms with E-state index < -0.39 is 29.0 Å². The molecule has 0 aliphatic rings. The molecule has 0 fully saturated rings. The van der Waals surface area contributed by atoms with Crippen LogP contribution >= 0.6 is 0 Å². The van der Waals surface area contributed by atoms with E-state index >= 15 is 8.78 Å². The van der Waals surface area contributed by atoms with Crippen LogP contribution in [0.15, 0.2) is 78.6 Å². The first kappa shape index (κ1) is 42.5. The van der Waals surface area contributed by atoms with Crippen LogP contribution in [-0.2, 0) is 20.6 Å². The van der Waals surface area contributed by atoms with Crippen LogP contribution in [0.2, 0.25) is 0 Å². The van der Waals surface area contributed by atoms with Gasteiger partial charge >= 0.3 is 0 Å². The monoisotopic (exact) mass is 852 g/mol. The molecule has 0 radical (unpaired) electrons. The minimum absolute atomic E-state index is 0.133. The van der Waals surface area contributed by atoms with Crippen molar-refractivity contribution in [1.82, 2.24) is 49.0 Å². The molecule has 0 unspecified atom stereocenters. The summed E-state index contributed by atoms with van der Waals surface area (Å²) in [5.74, 6) is -3.83. The smallest absolute Gasteiger partial charge is 0.193 e. The number of halogens is 4. The standard InChI is InChI=1S/2C21H20F2N6O2/c1-5-29(20-18(22)15(30-3)8-16(31-4)19(20)23)17-7-6-13-21(27-17)26-14(10-24-13)12-9-25-28(2)11-12;1-5-29-17(27-20-18(22)15(30-3)8-16(31-4)19(20)23)7-6-13-21(29)26-14(10-24-13)12-9-25-28(2)11-12/h2*6-11H,5H2,1-4H3. The highest BCUT2D eigenvalue weighted by molar-refractivity contribution is 5.77. The van der Waals surface area contributed by atoms with E-state index in [1.165, 1.54) is 39.4 Å². The van der Waals surface area contributed by atoms with Gasteiger partial charge in [0.1, 0.15) is 33.7 Å². The average Bonchev–Trinajstić information content (AvgIpc) is 3.94. The van der Waals surface area contributed by atoms with E-state index in [0.29, 0.717) is 51.6 Å². The zero-order valence-electron chi connectivity index (χ0n) is 34.9. The average molecular weight is 853 g/mol. The summed E-state index contributed by atoms with van der Waals surface area (Å²) < 4.78 is 84.9. The largest absolute Gasteiger partial charge is 0.493 e. The van der Waals surface area contributed by atoms with E-state index in [1.807, 2.05) is 26.4 Å². The third-order valence-electron chi connectivity index (χ3n) is 9.60. The molecule has 0 bridgehead atoms. The summed E-state index contributed by atoms with van der Waals surface area (Å²) in [6.07, 6.45) is 10.3. The minimum Gasteiger partial charge on any atom is -0.493 e. The zero-order valence-corrected chi connectivity index (χ0v) is 34.9. The Balaban J connectivity index is 0.000000186. The maximum Gasteiger partial charge on any atom is 0.193 e. The van der Waals surface area contributed by atoms with Gasteiger partial charge in [-0.1, -0.05) is 0 Å². The number of methoxy groups -OCH3 is 4. The molecule has 6 heterocycles. The summed E-state index contributed by atoms with van der Waals surface area (Å²) >= 11 is 0. The van der Waals surface area contributed by atoms with Crippen molar-refractivity contribution in [2.24, 2.45) is 19.1 Å². The molecule has 8 aromatic rings. The molecule has 6 aromatic heterocycles. The van der Waals surface area contributed by atoms with Crippen LogP contribution in [0.5, 0.6) is 23.0 Å². The van der Waals surface area contributed by atoms with Crippen LogP contribution in [0.1, 0.15) is 13.8 Å². The van der Waals surface area contributed by atoms with Crippen molar-refractivity contribution < 1.29 is 36.5 Å². The molecule has 0 aliphatic carbocycles. The quantitative estimate of drug-likeness (QED) is 0.120. The lowest BCUT2D eigenvalue weighted by Crippen LogP contribution is -2.21. The van der Waals surface area contributed by atoms with Crippen LogP contribution in [0, 0.1) is 23.3 Å². The molecule has 0 atom stereocenters. The van der Waals surface area contributed by atoms with Crippen LogP contribution in [0.4, 0.5) is 34.8 Å². The lowest BCUT2D eigenvalue weighted by Gasteiger charge is -2.24. The van der Waals surface area contributed by atoms with Crippen LogP contribution in [-0.4, -0.2) is 84.0 Å². The third kappa shape index (κ3) is 8.13. The van der Waals surface area contributed by atoms with E-state index in [0.717, 1.165) is 17.2 Å². The fourth-order valence-electron chi connectivity index (χ4n) is 6.52. The van der Waals surface area contributed by atoms with Gasteiger partial charge in [0.05, 0.1) is 64.6 Å². The molecule has 0 aliphatic heterocycles. The van der Waals surface area contributed by atoms with E-state index in [4.69, 9.17) is 23.9 Å². The summed E-state index contributed by atoms with van der Waals surface area (Å²) in [6, 6.07) is 8.98. The first-order valence-electron chi connectivity index (χ1n) is 18.9. The number of fused-ring (bicyclic) bond motifs is 2. The summed E-state index contributed by atoms with van der Waals surface area (Å²) in [5.41, 5.74) is 4.33. The Bertz CT molecular complexity index is 2950. The normalized spacial score (nSPS) is 11.5. The number of aryl methyl sites for hydroxylation is 3. The van der Waals surface area contributed by atoms with Crippen LogP contribution in [0.25, 0.3) is 44.8 Å². The topological polar surface area (TPSA) is 158 Å². The molecule has 0 saturated heterocycles. The van der Waals surface area contributed by atoms with Gasteiger partial charge < -0.3 is 28.4 Å². The Hall–Kier alpha value is -7.64. The third-order valence-corrected chi connectivity index (χ3v) is 9.60. The number of ether oxygens (including phenoxy) is 4. The number of hydrogen-bond donors (Lipinski definition) is 0. The van der Waals surface area contributed by atoms with Gasteiger partial charge in [-0.25, -0.2) is 37.5 Å². The maximum atomic E-state index is 15.0. The first-order chi connectivity index (χ1) is 29.9. The summed E-state index contributed by atoms with van der Waals surface area (Å²) in [5, 5.41) is 8.29. The molecule has 20 heteroatoms. The number of aromatic nitrogens is 10. The van der Waals surface area contributed by atoms with Gasteiger partial charge in [0.15, 0.2) is 57.6 Å². The lowest BCUT2D eigenvalue weighted by atomic mass is 10.2. The lowest BCUT2D eigenvalue weighted by molar-refractivity contribution is 0.359. The summed E-state index contributed by atoms with van der Waals surface area (Å²) in [7, 11) is 8.81. The maximum absolute atomic E-state index is 15.0. The fraction of sp³-hybridized carbons (Fsp3) is 0.238. The molecule has 320 valence electrons. The summed E-state index contributed by atoms with van der Waals surface area (Å²) in [6.45, 7) is 4.33. The van der Waals surface area contributed by atoms with Crippen molar-refractivity contribution in [3.8, 4) is 45.5 Å². The highest BCUT2D eigenvalue weighted by Gasteiger charge is 2.26. The Labute approximate surface area is 351 Å². The molecule has 62 heavy (non-hydrogen) atoms. The fourth-order valence-corrected chi connectivity index (χ4v) is 6.52. The molecular weight excluding hydrogens is 813 g/mol. The zero-order chi connectivity index (χ0) is 44.2. The number of hydrogen-bond acceptors (Lipinski definition) is 13. The molecular formula is C42H40F4N12O4. The Morgan fingerprint density at radius 3 is 1.65 bits per heavy atom. The van der Waals surface area contributed by atoms with Gasteiger partial charge in [0.2, 0.25) is 0 Å². The SMILES string of the molecule is CCN(c1ccc2ncc(-c3cnn(C)c3)nc2n1)c1c(F)c(OC)cc(OC)c1F.CCn1c(=Nc2c(F)c(OC)cc(OC)c2F)ccc2ncc(-c3cnn(C)c3)nc21. The van der Waals surface area contributed by atoms with Crippen LogP contribution < -0.4 is 29.3 Å². The van der Waals surface area contributed by atoms with Gasteiger partial charge in [0.25, 0.3) is 0 Å². The molecule has 16 nitrogen and oxygen atoms in total. The summed E-state index contributed by atoms with van der Waals surface area (Å²) in [4.78, 5) is 28.3. The van der Waals surface area contributed by atoms with Crippen molar-refractivity contribution in [2.75, 3.05) is 39.9 Å². The highest BCUT2D eigenvalue weighted by atomic mass is 19.1. The van der Waals surface area contributed by atoms with Gasteiger partial charge in [-0.3, -0.25) is 19.3 Å². The van der Waals surface area contributed by atoms with Gasteiger partial charge in [-0.15, -0.1) is 0 Å². The molecule has 0 amide bonds. The van der Waals surface area contributed by atoms with Gasteiger partial charge in [-0.05, 0) is 38.1 Å². The van der Waals surface area contributed by atoms with Crippen molar-refractivity contribution in [1.29, 1.82) is 0 Å². The van der Waals surface area contributed by atoms with Crippen LogP contribution in [0.3, 0.4) is 0 Å². The Morgan fingerprint density at radius 1 is 0.629 bits per heavy atom. The van der Waals surface area contributed by atoms with Gasteiger partial charge in [0, 0.05) is 62.8 Å². The van der Waals surface area contributed by atoms with Gasteiger partial charge in [-0.2, -0.15) is 10.2 Å². The van der Waals surface area contributed by atoms with Crippen molar-refractivity contribution >= 4 is 39.5 Å². The number of anilines is 2. The first-order valence-corrected chi connectivity index (χ1v) is 18.9. The Morgan fingerprint density at radius 2 is 1.15 bits per heavy atom. The van der Waals surface area contributed by atoms with Crippen molar-refractivity contribution in [3.63, 3.8) is 0 Å². The van der Waals surface area contributed by atoms with E-state index in [9.17, 15) is 8.78 Å². The van der Waals surface area contributed by atoms with Crippen molar-refractivity contribution in [2.45, 2.75) is 20.4 Å². The molecule has 8 rings (SSSR count). The molecule has 0 saturated carbocycles. The van der Waals surface area contributed by atoms with E-state index in [2.05, 4.69) is 35.1 Å². The Kier molecular flexibility index (Phi) is 12.3. The second-order valence-corrected chi connectivity index (χ2v) is 13.3. The molecule has 0 spiro atoms. The molecule has 2 aromatic carbocycles. The van der Waals surface area contributed by atoms with E-state index in [-0.39, 0.29) is 35.2 Å². The second-order valence-electron chi connectivity index (χ2n) is 13.3. The van der Waals surface area contributed by atoms with Crippen molar-refractivity contribution in [3.05, 3.63) is 102 Å². The predicted molar refractivity (Wildman–Crippen MR) is 222 cm³/mol. The number of nitrogens with zero attached hydrogens (tertiary/aromatic N) is 12. The molecule has 0 N–H and O–H groups in total. The number of benzene rings is 2. The van der Waals surface area contributed by atoms with E-state index in [1.54, 1.807) is 77.0 Å². The second kappa shape index (κ2) is 17.9.